The Bertz CT molecular complexity index is 615. The normalized spacial score (nSPS) is 13.7. The molecule has 90 valence electrons. The van der Waals surface area contributed by atoms with E-state index in [1.807, 2.05) is 37.4 Å². The third-order valence-electron chi connectivity index (χ3n) is 2.51. The highest BCUT2D eigenvalue weighted by Gasteiger charge is 2.21. The van der Waals surface area contributed by atoms with Gasteiger partial charge in [-0.25, -0.2) is 0 Å². The topological polar surface area (TPSA) is 50.6 Å². The van der Waals surface area contributed by atoms with Gasteiger partial charge in [-0.05, 0) is 12.1 Å². The Morgan fingerprint density at radius 3 is 2.72 bits per heavy atom. The van der Waals surface area contributed by atoms with Crippen molar-refractivity contribution in [2.75, 3.05) is 12.1 Å². The van der Waals surface area contributed by atoms with Crippen LogP contribution in [-0.2, 0) is 0 Å². The quantitative estimate of drug-likeness (QED) is 0.790. The zero-order valence-electron chi connectivity index (χ0n) is 9.54. The summed E-state index contributed by atoms with van der Waals surface area (Å²) in [6, 6.07) is 11.3. The molecule has 5 nitrogen and oxygen atoms in total. The van der Waals surface area contributed by atoms with Crippen molar-refractivity contribution in [3.05, 3.63) is 47.1 Å². The van der Waals surface area contributed by atoms with Crippen LogP contribution >= 0.6 is 11.6 Å². The zero-order valence-corrected chi connectivity index (χ0v) is 10.3. The van der Waals surface area contributed by atoms with Gasteiger partial charge in [0.15, 0.2) is 5.15 Å². The number of hydrazone groups is 1. The monoisotopic (exact) mass is 260 g/mol. The number of anilines is 1. The van der Waals surface area contributed by atoms with E-state index in [1.54, 1.807) is 11.1 Å². The Kier molecular flexibility index (Phi) is 2.60. The number of hydrogen-bond acceptors (Lipinski definition) is 5. The summed E-state index contributed by atoms with van der Waals surface area (Å²) in [5.74, 6) is 0.887. The van der Waals surface area contributed by atoms with Gasteiger partial charge in [-0.3, -0.25) is 5.01 Å². The van der Waals surface area contributed by atoms with Crippen LogP contribution in [0, 0.1) is 0 Å². The molecule has 6 heteroatoms. The minimum absolute atomic E-state index is 0.308. The van der Waals surface area contributed by atoms with Crippen LogP contribution in [0.4, 0.5) is 5.69 Å². The first kappa shape index (κ1) is 11.0. The van der Waals surface area contributed by atoms with Crippen molar-refractivity contribution in [3.8, 4) is 5.88 Å². The Morgan fingerprint density at radius 1 is 1.17 bits per heavy atom. The van der Waals surface area contributed by atoms with Crippen LogP contribution in [0.1, 0.15) is 5.56 Å². The highest BCUT2D eigenvalue weighted by Crippen LogP contribution is 2.30. The van der Waals surface area contributed by atoms with E-state index in [-0.39, 0.29) is 0 Å². The molecule has 0 unspecified atom stereocenters. The van der Waals surface area contributed by atoms with Crippen LogP contribution in [0.25, 0.3) is 0 Å². The maximum absolute atomic E-state index is 5.79. The molecule has 1 aliphatic heterocycles. The van der Waals surface area contributed by atoms with Gasteiger partial charge >= 0.3 is 0 Å². The third kappa shape index (κ3) is 1.89. The molecule has 1 aromatic heterocycles. The van der Waals surface area contributed by atoms with Crippen LogP contribution in [0.15, 0.2) is 41.5 Å². The maximum atomic E-state index is 5.79. The molecule has 0 aliphatic carbocycles. The van der Waals surface area contributed by atoms with Crippen molar-refractivity contribution >= 4 is 23.2 Å². The van der Waals surface area contributed by atoms with Crippen LogP contribution < -0.4 is 9.75 Å². The Balaban J connectivity index is 2.02. The van der Waals surface area contributed by atoms with Crippen LogP contribution in [0.2, 0.25) is 5.15 Å². The molecule has 1 aliphatic rings. The van der Waals surface area contributed by atoms with Gasteiger partial charge in [0.1, 0.15) is 5.69 Å². The van der Waals surface area contributed by atoms with Crippen molar-refractivity contribution in [1.29, 1.82) is 0 Å². The molecular weight excluding hydrogens is 252 g/mol. The second kappa shape index (κ2) is 4.27. The molecule has 0 atom stereocenters. The van der Waals surface area contributed by atoms with Crippen LogP contribution in [0.3, 0.4) is 0 Å². The summed E-state index contributed by atoms with van der Waals surface area (Å²) < 4.78 is 5.62. The fourth-order valence-electron chi connectivity index (χ4n) is 1.65. The molecule has 0 amide bonds. The number of ether oxygens (including phenoxy) is 1. The summed E-state index contributed by atoms with van der Waals surface area (Å²) >= 11 is 5.79. The molecule has 0 saturated carbocycles. The van der Waals surface area contributed by atoms with E-state index in [2.05, 4.69) is 15.3 Å². The van der Waals surface area contributed by atoms with Gasteiger partial charge in [0.2, 0.25) is 5.90 Å². The molecule has 0 saturated heterocycles. The number of halogens is 1. The SMILES string of the molecule is CN1N=C(c2ccccc2)Oc2nnc(Cl)cc21. The predicted octanol–water partition coefficient (Wildman–Crippen LogP) is 2.32. The van der Waals surface area contributed by atoms with E-state index in [0.717, 1.165) is 5.56 Å². The highest BCUT2D eigenvalue weighted by atomic mass is 35.5. The number of nitrogens with zero attached hydrogens (tertiary/aromatic N) is 4. The van der Waals surface area contributed by atoms with E-state index in [0.29, 0.717) is 22.6 Å². The largest absolute Gasteiger partial charge is 0.415 e. The number of benzene rings is 1. The van der Waals surface area contributed by atoms with E-state index in [9.17, 15) is 0 Å². The summed E-state index contributed by atoms with van der Waals surface area (Å²) in [6.07, 6.45) is 0. The highest BCUT2D eigenvalue weighted by molar-refractivity contribution is 6.29. The molecule has 3 rings (SSSR count). The predicted molar refractivity (Wildman–Crippen MR) is 69.1 cm³/mol. The molecule has 2 aromatic rings. The smallest absolute Gasteiger partial charge is 0.266 e. The fraction of sp³-hybridized carbons (Fsp3) is 0.0833. The standard InChI is InChI=1S/C12H9ClN4O/c1-17-9-7-10(13)14-15-12(9)18-11(16-17)8-5-3-2-4-6-8/h2-7H,1H3. The molecule has 0 fully saturated rings. The summed E-state index contributed by atoms with van der Waals surface area (Å²) in [7, 11) is 1.81. The molecule has 18 heavy (non-hydrogen) atoms. The maximum Gasteiger partial charge on any atom is 0.266 e. The van der Waals surface area contributed by atoms with Gasteiger partial charge in [0.25, 0.3) is 5.88 Å². The number of aromatic nitrogens is 2. The average molecular weight is 261 g/mol. The lowest BCUT2D eigenvalue weighted by atomic mass is 10.2. The number of hydrogen-bond donors (Lipinski definition) is 0. The van der Waals surface area contributed by atoms with Crippen LogP contribution in [-0.4, -0.2) is 23.1 Å². The Morgan fingerprint density at radius 2 is 1.94 bits per heavy atom. The van der Waals surface area contributed by atoms with E-state index < -0.39 is 0 Å². The number of rotatable bonds is 1. The first-order chi connectivity index (χ1) is 8.74. The molecule has 0 radical (unpaired) electrons. The first-order valence-corrected chi connectivity index (χ1v) is 5.70. The lowest BCUT2D eigenvalue weighted by Gasteiger charge is -2.22. The number of fused-ring (bicyclic) bond motifs is 1. The summed E-state index contributed by atoms with van der Waals surface area (Å²) in [6.45, 7) is 0. The van der Waals surface area contributed by atoms with Crippen molar-refractivity contribution < 1.29 is 4.74 Å². The minimum atomic E-state index is 0.308. The zero-order chi connectivity index (χ0) is 12.5. The van der Waals surface area contributed by atoms with Gasteiger partial charge in [-0.2, -0.15) is 0 Å². The molecule has 0 N–H and O–H groups in total. The Labute approximate surface area is 109 Å². The second-order valence-corrected chi connectivity index (χ2v) is 4.14. The van der Waals surface area contributed by atoms with Crippen molar-refractivity contribution in [3.63, 3.8) is 0 Å². The van der Waals surface area contributed by atoms with Gasteiger partial charge in [-0.1, -0.05) is 29.8 Å². The average Bonchev–Trinajstić information content (AvgIpc) is 2.40. The van der Waals surface area contributed by atoms with E-state index in [1.165, 1.54) is 0 Å². The molecule has 0 bridgehead atoms. The molecule has 0 spiro atoms. The summed E-state index contributed by atoms with van der Waals surface area (Å²) in [5, 5.41) is 14.0. The minimum Gasteiger partial charge on any atom is -0.415 e. The van der Waals surface area contributed by atoms with E-state index >= 15 is 0 Å². The lowest BCUT2D eigenvalue weighted by Crippen LogP contribution is -2.25. The fourth-order valence-corrected chi connectivity index (χ4v) is 1.79. The Hall–Kier alpha value is -2.14. The van der Waals surface area contributed by atoms with Gasteiger partial charge in [0.05, 0.1) is 0 Å². The van der Waals surface area contributed by atoms with Gasteiger partial charge in [0, 0.05) is 18.7 Å². The van der Waals surface area contributed by atoms with Gasteiger partial charge < -0.3 is 4.74 Å². The van der Waals surface area contributed by atoms with Crippen molar-refractivity contribution in [1.82, 2.24) is 10.2 Å². The first-order valence-electron chi connectivity index (χ1n) is 5.33. The summed E-state index contributed by atoms with van der Waals surface area (Å²) in [4.78, 5) is 0. The molecule has 1 aromatic carbocycles. The third-order valence-corrected chi connectivity index (χ3v) is 2.70. The lowest BCUT2D eigenvalue weighted by molar-refractivity contribution is 0.501. The van der Waals surface area contributed by atoms with Crippen molar-refractivity contribution in [2.24, 2.45) is 5.10 Å². The second-order valence-electron chi connectivity index (χ2n) is 3.75. The van der Waals surface area contributed by atoms with Gasteiger partial charge in [-0.15, -0.1) is 15.3 Å². The molecular formula is C12H9ClN4O. The van der Waals surface area contributed by atoms with E-state index in [4.69, 9.17) is 16.3 Å². The van der Waals surface area contributed by atoms with Crippen molar-refractivity contribution in [2.45, 2.75) is 0 Å². The van der Waals surface area contributed by atoms with Crippen LogP contribution in [0.5, 0.6) is 5.88 Å². The molecule has 2 heterocycles. The summed E-state index contributed by atoms with van der Waals surface area (Å²) in [5.41, 5.74) is 1.57.